The van der Waals surface area contributed by atoms with Gasteiger partial charge in [0.05, 0.1) is 20.3 Å². The van der Waals surface area contributed by atoms with E-state index in [2.05, 4.69) is 6.07 Å². The number of benzene rings is 1. The van der Waals surface area contributed by atoms with E-state index in [0.717, 1.165) is 10.3 Å². The van der Waals surface area contributed by atoms with Crippen LogP contribution in [-0.4, -0.2) is 11.6 Å². The van der Waals surface area contributed by atoms with Crippen LogP contribution in [-0.2, 0) is 0 Å². The average molecular weight is 431 g/mol. The Labute approximate surface area is 175 Å². The molecule has 2 heterocycles. The molecule has 3 nitrogen and oxygen atoms in total. The van der Waals surface area contributed by atoms with Gasteiger partial charge in [-0.3, -0.25) is 9.59 Å². The molecule has 0 aliphatic heterocycles. The Morgan fingerprint density at radius 3 is 2.18 bits per heavy atom. The zero-order valence-electron chi connectivity index (χ0n) is 14.9. The van der Waals surface area contributed by atoms with Gasteiger partial charge in [0.1, 0.15) is 11.3 Å². The molecule has 0 atom stereocenters. The van der Waals surface area contributed by atoms with Gasteiger partial charge in [0.2, 0.25) is 0 Å². The highest BCUT2D eigenvalue weighted by atomic mass is 35.5. The lowest BCUT2D eigenvalue weighted by Crippen LogP contribution is -2.02. The van der Waals surface area contributed by atoms with Crippen LogP contribution in [0.2, 0.25) is 10.0 Å². The third-order valence-corrected chi connectivity index (χ3v) is 7.53. The molecule has 2 aliphatic rings. The molecule has 0 N–H and O–H groups in total. The summed E-state index contributed by atoms with van der Waals surface area (Å²) in [4.78, 5) is 26.7. The van der Waals surface area contributed by atoms with Crippen molar-refractivity contribution in [1.82, 2.24) is 0 Å². The van der Waals surface area contributed by atoms with Gasteiger partial charge >= 0.3 is 0 Å². The fourth-order valence-corrected chi connectivity index (χ4v) is 5.65. The van der Waals surface area contributed by atoms with E-state index >= 15 is 0 Å². The van der Waals surface area contributed by atoms with Gasteiger partial charge in [0, 0.05) is 22.1 Å². The van der Waals surface area contributed by atoms with Crippen LogP contribution < -0.4 is 0 Å². The third-order valence-electron chi connectivity index (χ3n) is 5.58. The van der Waals surface area contributed by atoms with Crippen LogP contribution in [0.4, 0.5) is 0 Å². The molecule has 0 unspecified atom stereocenters. The van der Waals surface area contributed by atoms with Crippen molar-refractivity contribution in [1.29, 1.82) is 0 Å². The summed E-state index contributed by atoms with van der Waals surface area (Å²) < 4.78 is 6.97. The molecule has 6 heteroatoms. The van der Waals surface area contributed by atoms with Gasteiger partial charge in [-0.25, -0.2) is 0 Å². The Balaban J connectivity index is 1.47. The van der Waals surface area contributed by atoms with Gasteiger partial charge in [-0.1, -0.05) is 42.5 Å². The van der Waals surface area contributed by atoms with Crippen LogP contribution >= 0.6 is 34.5 Å². The highest BCUT2D eigenvalue weighted by Gasteiger charge is 2.34. The van der Waals surface area contributed by atoms with Crippen molar-refractivity contribution >= 4 is 62.5 Å². The molecule has 0 amide bonds. The molecule has 0 saturated heterocycles. The first-order chi connectivity index (χ1) is 13.5. The van der Waals surface area contributed by atoms with Crippen LogP contribution in [0, 0.1) is 0 Å². The minimum Gasteiger partial charge on any atom is -0.456 e. The van der Waals surface area contributed by atoms with Crippen LogP contribution in [0.1, 0.15) is 69.4 Å². The summed E-state index contributed by atoms with van der Waals surface area (Å²) in [5, 5.41) is 0.521. The number of fused-ring (bicyclic) bond motifs is 2. The lowest BCUT2D eigenvalue weighted by atomic mass is 9.88. The fraction of sp³-hybridized carbons (Fsp3) is 0.273. The molecule has 1 aromatic carbocycles. The number of carbonyl (C=O) groups excluding carboxylic acids is 2. The Morgan fingerprint density at radius 2 is 1.57 bits per heavy atom. The van der Waals surface area contributed by atoms with Crippen LogP contribution in [0.3, 0.4) is 0 Å². The number of hydrogen-bond donors (Lipinski definition) is 0. The van der Waals surface area contributed by atoms with Crippen molar-refractivity contribution in [3.05, 3.63) is 61.6 Å². The van der Waals surface area contributed by atoms with Crippen molar-refractivity contribution in [2.75, 3.05) is 0 Å². The van der Waals surface area contributed by atoms with Gasteiger partial charge in [-0.2, -0.15) is 0 Å². The first kappa shape index (κ1) is 18.2. The standard InChI is InChI=1S/C22H16Cl2O3S/c23-16-8-13-14(9-17(16)24)22(26)15(21(13)25)6-12-7-20-18(27-12)10-19(28-20)11-4-2-1-3-5-11/h6-11H,1-5H2. The zero-order valence-corrected chi connectivity index (χ0v) is 17.2. The number of hydrogen-bond acceptors (Lipinski definition) is 4. The normalized spacial score (nSPS) is 17.6. The summed E-state index contributed by atoms with van der Waals surface area (Å²) in [6.45, 7) is 0. The predicted octanol–water partition coefficient (Wildman–Crippen LogP) is 7.31. The van der Waals surface area contributed by atoms with E-state index in [1.54, 1.807) is 11.3 Å². The molecule has 5 rings (SSSR count). The van der Waals surface area contributed by atoms with Gasteiger partial charge in [0.15, 0.2) is 11.6 Å². The Hall–Kier alpha value is -1.88. The molecular weight excluding hydrogens is 415 g/mol. The molecule has 142 valence electrons. The average Bonchev–Trinajstić information content (AvgIpc) is 3.31. The lowest BCUT2D eigenvalue weighted by Gasteiger charge is -2.19. The fourth-order valence-electron chi connectivity index (χ4n) is 4.12. The Morgan fingerprint density at radius 1 is 0.929 bits per heavy atom. The predicted molar refractivity (Wildman–Crippen MR) is 113 cm³/mol. The van der Waals surface area contributed by atoms with Crippen LogP contribution in [0.5, 0.6) is 0 Å². The molecule has 0 radical (unpaired) electrons. The Kier molecular flexibility index (Phi) is 4.46. The van der Waals surface area contributed by atoms with Crippen molar-refractivity contribution in [3.8, 4) is 0 Å². The topological polar surface area (TPSA) is 47.3 Å². The Bertz CT molecular complexity index is 1090. The minimum absolute atomic E-state index is 0.0854. The lowest BCUT2D eigenvalue weighted by molar-refractivity contribution is 0.0990. The van der Waals surface area contributed by atoms with E-state index in [9.17, 15) is 9.59 Å². The number of furan rings is 1. The minimum atomic E-state index is -0.346. The highest BCUT2D eigenvalue weighted by Crippen LogP contribution is 2.40. The number of Topliss-reactive ketones (excluding diaryl/α,β-unsaturated/α-hetero) is 2. The van der Waals surface area contributed by atoms with Crippen molar-refractivity contribution in [2.45, 2.75) is 38.0 Å². The summed E-state index contributed by atoms with van der Waals surface area (Å²) >= 11 is 13.7. The molecule has 2 aliphatic carbocycles. The van der Waals surface area contributed by atoms with Crippen molar-refractivity contribution < 1.29 is 14.0 Å². The molecule has 0 bridgehead atoms. The first-order valence-electron chi connectivity index (χ1n) is 9.34. The number of thiophene rings is 1. The third kappa shape index (κ3) is 2.95. The number of halogens is 2. The zero-order chi connectivity index (χ0) is 19.4. The van der Waals surface area contributed by atoms with E-state index in [-0.39, 0.29) is 27.2 Å². The number of ketones is 2. The maximum atomic E-state index is 12.7. The molecule has 0 spiro atoms. The van der Waals surface area contributed by atoms with E-state index in [1.165, 1.54) is 55.2 Å². The van der Waals surface area contributed by atoms with E-state index < -0.39 is 0 Å². The molecule has 1 saturated carbocycles. The summed E-state index contributed by atoms with van der Waals surface area (Å²) in [5.74, 6) is 0.450. The van der Waals surface area contributed by atoms with Crippen LogP contribution in [0.25, 0.3) is 16.4 Å². The summed E-state index contributed by atoms with van der Waals surface area (Å²) in [6, 6.07) is 6.93. The smallest absolute Gasteiger partial charge is 0.197 e. The van der Waals surface area contributed by atoms with Crippen molar-refractivity contribution in [3.63, 3.8) is 0 Å². The van der Waals surface area contributed by atoms with Gasteiger partial charge in [0.25, 0.3) is 0 Å². The maximum Gasteiger partial charge on any atom is 0.197 e. The van der Waals surface area contributed by atoms with Crippen molar-refractivity contribution in [2.24, 2.45) is 0 Å². The first-order valence-corrected chi connectivity index (χ1v) is 10.9. The monoisotopic (exact) mass is 430 g/mol. The molecular formula is C22H16Cl2O3S. The summed E-state index contributed by atoms with van der Waals surface area (Å²) in [7, 11) is 0. The second-order valence-electron chi connectivity index (χ2n) is 7.39. The number of allylic oxidation sites excluding steroid dienone is 1. The van der Waals surface area contributed by atoms with E-state index in [4.69, 9.17) is 27.6 Å². The number of rotatable bonds is 2. The largest absolute Gasteiger partial charge is 0.456 e. The molecule has 1 fully saturated rings. The molecule has 2 aromatic heterocycles. The SMILES string of the molecule is O=C1C(=Cc2cc3sc(C4CCCCC4)cc3o2)C(=O)c2cc(Cl)c(Cl)cc21. The van der Waals surface area contributed by atoms with E-state index in [1.807, 2.05) is 6.07 Å². The van der Waals surface area contributed by atoms with E-state index in [0.29, 0.717) is 22.8 Å². The van der Waals surface area contributed by atoms with Gasteiger partial charge < -0.3 is 4.42 Å². The number of carbonyl (C=O) groups is 2. The summed E-state index contributed by atoms with van der Waals surface area (Å²) in [6.07, 6.45) is 7.93. The maximum absolute atomic E-state index is 12.7. The second-order valence-corrected chi connectivity index (χ2v) is 9.32. The summed E-state index contributed by atoms with van der Waals surface area (Å²) in [5.41, 5.74) is 1.48. The molecule has 28 heavy (non-hydrogen) atoms. The van der Waals surface area contributed by atoms with Crippen LogP contribution in [0.15, 0.2) is 34.3 Å². The molecule has 3 aromatic rings. The van der Waals surface area contributed by atoms with Gasteiger partial charge in [-0.15, -0.1) is 11.3 Å². The second kappa shape index (κ2) is 6.87. The quantitative estimate of drug-likeness (QED) is 0.316. The van der Waals surface area contributed by atoms with Gasteiger partial charge in [-0.05, 0) is 43.0 Å². The highest BCUT2D eigenvalue weighted by molar-refractivity contribution is 7.19.